The number of ether oxygens (including phenoxy) is 1. The number of phenolic OH excluding ortho intramolecular Hbond substituents is 1. The van der Waals surface area contributed by atoms with E-state index in [-0.39, 0.29) is 22.9 Å². The Balaban J connectivity index is 2.21. The van der Waals surface area contributed by atoms with E-state index in [4.69, 9.17) is 4.74 Å². The molecule has 2 aromatic carbocycles. The maximum atomic E-state index is 12.1. The van der Waals surface area contributed by atoms with E-state index in [9.17, 15) is 15.0 Å². The number of esters is 1. The Morgan fingerprint density at radius 1 is 1.11 bits per heavy atom. The summed E-state index contributed by atoms with van der Waals surface area (Å²) in [5.74, 6) is 0.0712. The second-order valence-electron chi connectivity index (χ2n) is 7.33. The fourth-order valence-electron chi connectivity index (χ4n) is 3.79. The second kappa shape index (κ2) is 6.95. The number of allylic oxidation sites excluding steroid dienone is 3. The highest BCUT2D eigenvalue weighted by Crippen LogP contribution is 2.51. The Bertz CT molecular complexity index is 910. The van der Waals surface area contributed by atoms with E-state index in [0.717, 1.165) is 11.1 Å². The molecule has 2 unspecified atom stereocenters. The van der Waals surface area contributed by atoms with Crippen molar-refractivity contribution in [3.8, 4) is 5.75 Å². The first-order chi connectivity index (χ1) is 12.8. The van der Waals surface area contributed by atoms with Crippen LogP contribution in [0.1, 0.15) is 41.8 Å². The summed E-state index contributed by atoms with van der Waals surface area (Å²) in [6.07, 6.45) is 6.17. The summed E-state index contributed by atoms with van der Waals surface area (Å²) in [6.45, 7) is 4.25. The molecule has 1 aliphatic carbocycles. The van der Waals surface area contributed by atoms with Gasteiger partial charge in [-0.25, -0.2) is 4.79 Å². The Kier molecular flexibility index (Phi) is 4.83. The lowest BCUT2D eigenvalue weighted by atomic mass is 9.56. The normalized spacial score (nSPS) is 21.2. The maximum absolute atomic E-state index is 12.1. The number of phenols is 1. The van der Waals surface area contributed by atoms with Crippen molar-refractivity contribution in [3.05, 3.63) is 89.2 Å². The lowest BCUT2D eigenvalue weighted by Gasteiger charge is -2.47. The van der Waals surface area contributed by atoms with Gasteiger partial charge in [0.1, 0.15) is 11.5 Å². The van der Waals surface area contributed by atoms with Crippen molar-refractivity contribution in [2.75, 3.05) is 7.11 Å². The van der Waals surface area contributed by atoms with Crippen molar-refractivity contribution in [1.29, 1.82) is 0 Å². The quantitative estimate of drug-likeness (QED) is 0.758. The molecule has 2 atom stereocenters. The minimum atomic E-state index is -0.515. The molecule has 140 valence electrons. The molecule has 0 fully saturated rings. The number of aliphatic hydroxyl groups excluding tert-OH is 1. The summed E-state index contributed by atoms with van der Waals surface area (Å²) in [7, 11) is 1.37. The third kappa shape index (κ3) is 3.23. The van der Waals surface area contributed by atoms with Crippen LogP contribution in [0.25, 0.3) is 0 Å². The Morgan fingerprint density at radius 2 is 1.81 bits per heavy atom. The van der Waals surface area contributed by atoms with Crippen molar-refractivity contribution in [3.63, 3.8) is 0 Å². The number of rotatable bonds is 4. The zero-order valence-corrected chi connectivity index (χ0v) is 15.8. The van der Waals surface area contributed by atoms with Crippen molar-refractivity contribution >= 4 is 5.97 Å². The van der Waals surface area contributed by atoms with E-state index >= 15 is 0 Å². The Morgan fingerprint density at radius 3 is 2.41 bits per heavy atom. The largest absolute Gasteiger partial charge is 0.508 e. The average Bonchev–Trinajstić information content (AvgIpc) is 2.69. The van der Waals surface area contributed by atoms with E-state index < -0.39 is 5.41 Å². The first kappa shape index (κ1) is 18.8. The van der Waals surface area contributed by atoms with Gasteiger partial charge >= 0.3 is 5.97 Å². The van der Waals surface area contributed by atoms with Gasteiger partial charge in [-0.15, -0.1) is 0 Å². The zero-order valence-electron chi connectivity index (χ0n) is 15.8. The van der Waals surface area contributed by atoms with Gasteiger partial charge in [-0.3, -0.25) is 0 Å². The van der Waals surface area contributed by atoms with E-state index in [1.165, 1.54) is 7.11 Å². The molecule has 0 spiro atoms. The molecular weight excluding hydrogens is 340 g/mol. The summed E-state index contributed by atoms with van der Waals surface area (Å²) in [4.78, 5) is 12.1. The molecule has 0 radical (unpaired) electrons. The molecule has 1 aliphatic rings. The minimum absolute atomic E-state index is 0.200. The van der Waals surface area contributed by atoms with Gasteiger partial charge in [0, 0.05) is 10.8 Å². The van der Waals surface area contributed by atoms with Crippen LogP contribution >= 0.6 is 0 Å². The number of aliphatic hydroxyl groups is 1. The van der Waals surface area contributed by atoms with Gasteiger partial charge in [0.15, 0.2) is 0 Å². The molecule has 0 saturated carbocycles. The second-order valence-corrected chi connectivity index (χ2v) is 7.33. The summed E-state index contributed by atoms with van der Waals surface area (Å²) in [5.41, 5.74) is 1.58. The highest BCUT2D eigenvalue weighted by molar-refractivity contribution is 5.89. The van der Waals surface area contributed by atoms with Crippen LogP contribution in [0, 0.1) is 5.41 Å². The van der Waals surface area contributed by atoms with Gasteiger partial charge in [0.25, 0.3) is 0 Å². The van der Waals surface area contributed by atoms with Gasteiger partial charge in [0.05, 0.1) is 12.7 Å². The van der Waals surface area contributed by atoms with Gasteiger partial charge in [-0.2, -0.15) is 0 Å². The van der Waals surface area contributed by atoms with Crippen molar-refractivity contribution in [2.24, 2.45) is 5.41 Å². The highest BCUT2D eigenvalue weighted by atomic mass is 16.5. The summed E-state index contributed by atoms with van der Waals surface area (Å²) < 4.78 is 4.88. The van der Waals surface area contributed by atoms with Crippen molar-refractivity contribution in [2.45, 2.75) is 25.7 Å². The Hall–Kier alpha value is -3.01. The van der Waals surface area contributed by atoms with Crippen LogP contribution in [0.3, 0.4) is 0 Å². The lowest BCUT2D eigenvalue weighted by molar-refractivity contribution is 0.0600. The molecule has 3 rings (SSSR count). The molecule has 2 N–H and O–H groups in total. The third-order valence-electron chi connectivity index (χ3n) is 5.81. The number of aromatic hydroxyl groups is 1. The average molecular weight is 364 g/mol. The van der Waals surface area contributed by atoms with E-state index in [1.807, 2.05) is 42.5 Å². The maximum Gasteiger partial charge on any atom is 0.337 e. The molecule has 2 aromatic rings. The fourth-order valence-corrected chi connectivity index (χ4v) is 3.79. The van der Waals surface area contributed by atoms with Gasteiger partial charge in [-0.1, -0.05) is 44.2 Å². The number of carbonyl (C=O) groups is 1. The van der Waals surface area contributed by atoms with E-state index in [2.05, 4.69) is 13.8 Å². The molecule has 0 amide bonds. The summed E-state index contributed by atoms with van der Waals surface area (Å²) in [5, 5.41) is 19.5. The number of hydrogen-bond donors (Lipinski definition) is 2. The molecule has 0 saturated heterocycles. The first-order valence-corrected chi connectivity index (χ1v) is 8.87. The molecule has 0 aliphatic heterocycles. The fraction of sp³-hybridized carbons (Fsp3) is 0.261. The van der Waals surface area contributed by atoms with E-state index in [0.29, 0.717) is 12.0 Å². The van der Waals surface area contributed by atoms with Crippen LogP contribution in [0.4, 0.5) is 0 Å². The SMILES string of the molecule is COC(=O)c1cccc(C(C)(c2ccc(O)cc2)C2(C)C=CC(O)=CC2)c1. The standard InChI is InChI=1S/C23H24O4/c1-22(13-11-20(25)12-14-22)23(2,17-7-9-19(24)10-8-17)18-6-4-5-16(15-18)21(26)27-3/h4-13,15,24-25H,14H2,1-3H3. The van der Waals surface area contributed by atoms with Crippen molar-refractivity contribution < 1.29 is 19.7 Å². The van der Waals surface area contributed by atoms with E-state index in [1.54, 1.807) is 24.3 Å². The van der Waals surface area contributed by atoms with Crippen LogP contribution in [0.2, 0.25) is 0 Å². The summed E-state index contributed by atoms with van der Waals surface area (Å²) in [6, 6.07) is 14.6. The number of hydrogen-bond acceptors (Lipinski definition) is 4. The predicted octanol–water partition coefficient (Wildman–Crippen LogP) is 4.89. The third-order valence-corrected chi connectivity index (χ3v) is 5.81. The molecular formula is C23H24O4. The molecule has 0 heterocycles. The Labute approximate surface area is 159 Å². The molecule has 0 aromatic heterocycles. The molecule has 0 bridgehead atoms. The van der Waals surface area contributed by atoms with Crippen LogP contribution in [-0.2, 0) is 10.2 Å². The van der Waals surface area contributed by atoms with Crippen LogP contribution in [0.15, 0.2) is 72.5 Å². The first-order valence-electron chi connectivity index (χ1n) is 8.87. The molecule has 27 heavy (non-hydrogen) atoms. The van der Waals surface area contributed by atoms with Gasteiger partial charge in [-0.05, 0) is 54.0 Å². The number of carbonyl (C=O) groups excluding carboxylic acids is 1. The number of methoxy groups -OCH3 is 1. The van der Waals surface area contributed by atoms with Crippen LogP contribution < -0.4 is 0 Å². The number of benzene rings is 2. The zero-order chi connectivity index (χ0) is 19.7. The topological polar surface area (TPSA) is 66.8 Å². The van der Waals surface area contributed by atoms with Crippen LogP contribution in [0.5, 0.6) is 5.75 Å². The lowest BCUT2D eigenvalue weighted by Crippen LogP contribution is -2.42. The monoisotopic (exact) mass is 364 g/mol. The minimum Gasteiger partial charge on any atom is -0.508 e. The predicted molar refractivity (Wildman–Crippen MR) is 105 cm³/mol. The van der Waals surface area contributed by atoms with Crippen molar-refractivity contribution in [1.82, 2.24) is 0 Å². The molecule has 4 nitrogen and oxygen atoms in total. The van der Waals surface area contributed by atoms with Crippen LogP contribution in [-0.4, -0.2) is 23.3 Å². The van der Waals surface area contributed by atoms with Gasteiger partial charge in [0.2, 0.25) is 0 Å². The summed E-state index contributed by atoms with van der Waals surface area (Å²) >= 11 is 0. The highest BCUT2D eigenvalue weighted by Gasteiger charge is 2.46. The van der Waals surface area contributed by atoms with Gasteiger partial charge < -0.3 is 14.9 Å². The smallest absolute Gasteiger partial charge is 0.337 e. The molecule has 4 heteroatoms.